The molecular formula is C15H17N3O. The molecule has 2 fully saturated rings. The Morgan fingerprint density at radius 1 is 1.16 bits per heavy atom. The highest BCUT2D eigenvalue weighted by molar-refractivity contribution is 5.33. The third-order valence-corrected chi connectivity index (χ3v) is 3.98. The third-order valence-electron chi connectivity index (χ3n) is 3.98. The van der Waals surface area contributed by atoms with E-state index in [1.165, 1.54) is 18.4 Å². The van der Waals surface area contributed by atoms with E-state index in [9.17, 15) is 0 Å². The molecule has 2 aliphatic rings. The predicted octanol–water partition coefficient (Wildman–Crippen LogP) is 2.87. The van der Waals surface area contributed by atoms with E-state index in [0.717, 1.165) is 30.2 Å². The largest absolute Gasteiger partial charge is 0.339 e. The second kappa shape index (κ2) is 4.17. The summed E-state index contributed by atoms with van der Waals surface area (Å²) >= 11 is 0. The van der Waals surface area contributed by atoms with Gasteiger partial charge < -0.3 is 10.3 Å². The molecule has 0 saturated heterocycles. The first kappa shape index (κ1) is 11.2. The molecule has 1 aromatic carbocycles. The highest BCUT2D eigenvalue weighted by Crippen LogP contribution is 2.41. The molecule has 0 amide bonds. The van der Waals surface area contributed by atoms with E-state index in [-0.39, 0.29) is 6.04 Å². The molecule has 2 aliphatic carbocycles. The topological polar surface area (TPSA) is 64.9 Å². The third kappa shape index (κ3) is 2.16. The Balaban J connectivity index is 1.60. The van der Waals surface area contributed by atoms with Crippen molar-refractivity contribution in [3.8, 4) is 0 Å². The van der Waals surface area contributed by atoms with Crippen molar-refractivity contribution in [1.29, 1.82) is 0 Å². The SMILES string of the molecule is NC(c1cccc(C2CC2)c1)c1noc(C2CC2)n1. The van der Waals surface area contributed by atoms with Gasteiger partial charge in [-0.2, -0.15) is 4.98 Å². The minimum Gasteiger partial charge on any atom is -0.339 e. The van der Waals surface area contributed by atoms with Crippen LogP contribution < -0.4 is 5.73 Å². The van der Waals surface area contributed by atoms with Gasteiger partial charge in [0, 0.05) is 5.92 Å². The van der Waals surface area contributed by atoms with Gasteiger partial charge in [-0.3, -0.25) is 0 Å². The van der Waals surface area contributed by atoms with Gasteiger partial charge in [0.1, 0.15) is 0 Å². The fourth-order valence-corrected chi connectivity index (χ4v) is 2.44. The number of benzene rings is 1. The molecule has 4 rings (SSSR count). The molecule has 4 heteroatoms. The summed E-state index contributed by atoms with van der Waals surface area (Å²) in [6, 6.07) is 8.21. The maximum Gasteiger partial charge on any atom is 0.229 e. The summed E-state index contributed by atoms with van der Waals surface area (Å²) in [7, 11) is 0. The molecule has 1 aromatic heterocycles. The van der Waals surface area contributed by atoms with Crippen molar-refractivity contribution in [1.82, 2.24) is 10.1 Å². The van der Waals surface area contributed by atoms with Crippen molar-refractivity contribution in [3.63, 3.8) is 0 Å². The van der Waals surface area contributed by atoms with Crippen LogP contribution in [0.5, 0.6) is 0 Å². The van der Waals surface area contributed by atoms with Crippen molar-refractivity contribution >= 4 is 0 Å². The summed E-state index contributed by atoms with van der Waals surface area (Å²) in [4.78, 5) is 4.44. The molecule has 98 valence electrons. The lowest BCUT2D eigenvalue weighted by Crippen LogP contribution is -2.13. The zero-order valence-electron chi connectivity index (χ0n) is 10.7. The molecule has 1 unspecified atom stereocenters. The lowest BCUT2D eigenvalue weighted by molar-refractivity contribution is 0.372. The fourth-order valence-electron chi connectivity index (χ4n) is 2.44. The summed E-state index contributed by atoms with van der Waals surface area (Å²) in [5.74, 6) is 2.57. The number of nitrogens with zero attached hydrogens (tertiary/aromatic N) is 2. The van der Waals surface area contributed by atoms with Crippen molar-refractivity contribution in [3.05, 3.63) is 47.1 Å². The molecule has 1 heterocycles. The average Bonchev–Trinajstić information content (AvgIpc) is 3.36. The molecule has 2 saturated carbocycles. The zero-order valence-corrected chi connectivity index (χ0v) is 10.7. The summed E-state index contributed by atoms with van der Waals surface area (Å²) in [5.41, 5.74) is 8.72. The van der Waals surface area contributed by atoms with E-state index in [2.05, 4.69) is 28.3 Å². The second-order valence-electron chi connectivity index (χ2n) is 5.69. The molecule has 0 spiro atoms. The summed E-state index contributed by atoms with van der Waals surface area (Å²) in [6.07, 6.45) is 4.92. The van der Waals surface area contributed by atoms with Crippen LogP contribution in [0.2, 0.25) is 0 Å². The summed E-state index contributed by atoms with van der Waals surface area (Å²) in [5, 5.41) is 4.03. The van der Waals surface area contributed by atoms with Crippen molar-refractivity contribution in [2.45, 2.75) is 43.6 Å². The monoisotopic (exact) mass is 255 g/mol. The highest BCUT2D eigenvalue weighted by atomic mass is 16.5. The van der Waals surface area contributed by atoms with Gasteiger partial charge in [0.15, 0.2) is 5.82 Å². The van der Waals surface area contributed by atoms with E-state index < -0.39 is 0 Å². The maximum atomic E-state index is 6.25. The highest BCUT2D eigenvalue weighted by Gasteiger charge is 2.31. The van der Waals surface area contributed by atoms with E-state index in [1.807, 2.05) is 6.07 Å². The van der Waals surface area contributed by atoms with E-state index in [1.54, 1.807) is 0 Å². The summed E-state index contributed by atoms with van der Waals surface area (Å²) < 4.78 is 5.28. The van der Waals surface area contributed by atoms with Crippen LogP contribution in [0.3, 0.4) is 0 Å². The standard InChI is InChI=1S/C15H17N3O/c16-13(14-17-15(19-18-14)10-6-7-10)12-3-1-2-11(8-12)9-4-5-9/h1-3,8-10,13H,4-7,16H2. The van der Waals surface area contributed by atoms with Crippen LogP contribution in [0.4, 0.5) is 0 Å². The van der Waals surface area contributed by atoms with Crippen LogP contribution in [-0.2, 0) is 0 Å². The maximum absolute atomic E-state index is 6.25. The van der Waals surface area contributed by atoms with E-state index >= 15 is 0 Å². The smallest absolute Gasteiger partial charge is 0.229 e. The zero-order chi connectivity index (χ0) is 12.8. The lowest BCUT2D eigenvalue weighted by Gasteiger charge is -2.09. The van der Waals surface area contributed by atoms with Gasteiger partial charge in [-0.15, -0.1) is 0 Å². The van der Waals surface area contributed by atoms with E-state index in [4.69, 9.17) is 10.3 Å². The van der Waals surface area contributed by atoms with Gasteiger partial charge in [-0.05, 0) is 42.7 Å². The van der Waals surface area contributed by atoms with Crippen LogP contribution in [0.15, 0.2) is 28.8 Å². The number of hydrogen-bond donors (Lipinski definition) is 1. The van der Waals surface area contributed by atoms with Crippen LogP contribution in [0.1, 0.15) is 66.4 Å². The number of nitrogens with two attached hydrogens (primary N) is 1. The van der Waals surface area contributed by atoms with Crippen molar-refractivity contribution in [2.75, 3.05) is 0 Å². The molecule has 2 aromatic rings. The Labute approximate surface area is 112 Å². The lowest BCUT2D eigenvalue weighted by atomic mass is 10.0. The quantitative estimate of drug-likeness (QED) is 0.912. The molecule has 2 N–H and O–H groups in total. The Hall–Kier alpha value is -1.68. The Kier molecular flexibility index (Phi) is 2.45. The van der Waals surface area contributed by atoms with E-state index in [0.29, 0.717) is 11.7 Å². The van der Waals surface area contributed by atoms with Gasteiger partial charge in [-0.25, -0.2) is 0 Å². The molecule has 4 nitrogen and oxygen atoms in total. The van der Waals surface area contributed by atoms with Crippen LogP contribution >= 0.6 is 0 Å². The van der Waals surface area contributed by atoms with Crippen LogP contribution in [0.25, 0.3) is 0 Å². The molecule has 0 bridgehead atoms. The molecule has 1 atom stereocenters. The molecule has 0 aliphatic heterocycles. The van der Waals surface area contributed by atoms with Crippen LogP contribution in [0, 0.1) is 0 Å². The van der Waals surface area contributed by atoms with Gasteiger partial charge in [0.2, 0.25) is 5.89 Å². The molecule has 0 radical (unpaired) electrons. The first-order valence-corrected chi connectivity index (χ1v) is 7.00. The molecule has 19 heavy (non-hydrogen) atoms. The van der Waals surface area contributed by atoms with Crippen molar-refractivity contribution in [2.24, 2.45) is 5.73 Å². The minimum atomic E-state index is -0.282. The number of rotatable bonds is 4. The minimum absolute atomic E-state index is 0.282. The predicted molar refractivity (Wildman–Crippen MR) is 70.7 cm³/mol. The molecular weight excluding hydrogens is 238 g/mol. The van der Waals surface area contributed by atoms with Gasteiger partial charge in [0.05, 0.1) is 6.04 Å². The van der Waals surface area contributed by atoms with Crippen LogP contribution in [-0.4, -0.2) is 10.1 Å². The average molecular weight is 255 g/mol. The van der Waals surface area contributed by atoms with Crippen molar-refractivity contribution < 1.29 is 4.52 Å². The Morgan fingerprint density at radius 2 is 1.95 bits per heavy atom. The van der Waals surface area contributed by atoms with Gasteiger partial charge in [-0.1, -0.05) is 29.4 Å². The number of hydrogen-bond acceptors (Lipinski definition) is 4. The van der Waals surface area contributed by atoms with Gasteiger partial charge in [0.25, 0.3) is 0 Å². The normalized spacial score (nSPS) is 20.5. The second-order valence-corrected chi connectivity index (χ2v) is 5.69. The Morgan fingerprint density at radius 3 is 2.68 bits per heavy atom. The van der Waals surface area contributed by atoms with Gasteiger partial charge >= 0.3 is 0 Å². The first-order valence-electron chi connectivity index (χ1n) is 7.00. The summed E-state index contributed by atoms with van der Waals surface area (Å²) in [6.45, 7) is 0. The fraction of sp³-hybridized carbons (Fsp3) is 0.467. The first-order chi connectivity index (χ1) is 9.31. The number of aromatic nitrogens is 2. The Bertz CT molecular complexity index is 599.